The number of rotatable bonds is 1. The number of likely N-dealkylation sites (tertiary alicyclic amines) is 1. The Labute approximate surface area is 101 Å². The smallest absolute Gasteiger partial charge is 0.411 e. The summed E-state index contributed by atoms with van der Waals surface area (Å²) >= 11 is 0. The van der Waals surface area contributed by atoms with Crippen molar-refractivity contribution in [3.63, 3.8) is 0 Å². The first kappa shape index (κ1) is 13.9. The predicted molar refractivity (Wildman–Crippen MR) is 61.5 cm³/mol. The summed E-state index contributed by atoms with van der Waals surface area (Å²) in [5, 5.41) is 0. The Balaban J connectivity index is 2.86. The molecule has 0 aromatic carbocycles. The van der Waals surface area contributed by atoms with E-state index in [2.05, 4.69) is 0 Å². The van der Waals surface area contributed by atoms with Gasteiger partial charge in [-0.3, -0.25) is 4.90 Å². The monoisotopic (exact) mass is 245 g/mol. The van der Waals surface area contributed by atoms with Gasteiger partial charge < -0.3 is 9.53 Å². The normalized spacial score (nSPS) is 28.0. The fourth-order valence-electron chi connectivity index (χ4n) is 1.87. The van der Waals surface area contributed by atoms with Crippen LogP contribution < -0.4 is 0 Å². The highest BCUT2D eigenvalue weighted by molar-refractivity contribution is 5.75. The number of ether oxygens (including phenoxy) is 1. The highest BCUT2D eigenvalue weighted by Gasteiger charge is 2.51. The molecule has 4 nitrogen and oxygen atoms in total. The maximum absolute atomic E-state index is 13.8. The lowest BCUT2D eigenvalue weighted by atomic mass is 9.84. The SMILES string of the molecule is CC(C)(C)OC(=O)N1CC(F)C(C)(C)C1C=O. The Hall–Kier alpha value is -1.13. The molecule has 0 aromatic heterocycles. The van der Waals surface area contributed by atoms with Crippen LogP contribution in [0.1, 0.15) is 34.6 Å². The average molecular weight is 245 g/mol. The van der Waals surface area contributed by atoms with Crippen LogP contribution in [0.4, 0.5) is 9.18 Å². The summed E-state index contributed by atoms with van der Waals surface area (Å²) in [4.78, 5) is 24.0. The van der Waals surface area contributed by atoms with Crippen molar-refractivity contribution in [1.82, 2.24) is 4.90 Å². The van der Waals surface area contributed by atoms with Crippen LogP contribution in [0.5, 0.6) is 0 Å². The fourth-order valence-corrected chi connectivity index (χ4v) is 1.87. The molecule has 1 rings (SSSR count). The van der Waals surface area contributed by atoms with Gasteiger partial charge in [0.05, 0.1) is 12.6 Å². The van der Waals surface area contributed by atoms with Crippen LogP contribution in [-0.2, 0) is 9.53 Å². The second-order valence-electron chi connectivity index (χ2n) is 6.00. The lowest BCUT2D eigenvalue weighted by Gasteiger charge is -2.29. The summed E-state index contributed by atoms with van der Waals surface area (Å²) in [7, 11) is 0. The van der Waals surface area contributed by atoms with E-state index in [1.807, 2.05) is 0 Å². The molecule has 2 unspecified atom stereocenters. The van der Waals surface area contributed by atoms with Gasteiger partial charge in [0, 0.05) is 5.41 Å². The van der Waals surface area contributed by atoms with Gasteiger partial charge >= 0.3 is 6.09 Å². The number of aldehydes is 1. The molecule has 0 bridgehead atoms. The van der Waals surface area contributed by atoms with E-state index in [1.165, 1.54) is 4.90 Å². The maximum atomic E-state index is 13.8. The van der Waals surface area contributed by atoms with Crippen molar-refractivity contribution in [1.29, 1.82) is 0 Å². The van der Waals surface area contributed by atoms with Crippen molar-refractivity contribution in [3.8, 4) is 0 Å². The van der Waals surface area contributed by atoms with Crippen LogP contribution in [0.15, 0.2) is 0 Å². The number of hydrogen-bond acceptors (Lipinski definition) is 3. The zero-order chi connectivity index (χ0) is 13.4. The van der Waals surface area contributed by atoms with Gasteiger partial charge in [0.2, 0.25) is 0 Å². The summed E-state index contributed by atoms with van der Waals surface area (Å²) in [6, 6.07) is -0.771. The number of nitrogens with zero attached hydrogens (tertiary/aromatic N) is 1. The molecule has 0 N–H and O–H groups in total. The minimum absolute atomic E-state index is 0.0919. The first-order chi connectivity index (χ1) is 7.59. The Morgan fingerprint density at radius 3 is 2.41 bits per heavy atom. The van der Waals surface area contributed by atoms with Crippen LogP contribution in [-0.4, -0.2) is 41.6 Å². The molecule has 1 saturated heterocycles. The van der Waals surface area contributed by atoms with Gasteiger partial charge in [0.15, 0.2) is 0 Å². The lowest BCUT2D eigenvalue weighted by Crippen LogP contribution is -2.44. The minimum atomic E-state index is -1.22. The fraction of sp³-hybridized carbons (Fsp3) is 0.833. The standard InChI is InChI=1S/C12H20FNO3/c1-11(2,3)17-10(16)14-6-8(13)12(4,5)9(14)7-15/h7-9H,6H2,1-5H3. The van der Waals surface area contributed by atoms with Gasteiger partial charge in [-0.25, -0.2) is 9.18 Å². The van der Waals surface area contributed by atoms with Crippen molar-refractivity contribution in [2.75, 3.05) is 6.54 Å². The molecule has 0 saturated carbocycles. The van der Waals surface area contributed by atoms with E-state index in [0.29, 0.717) is 6.29 Å². The number of amides is 1. The second kappa shape index (κ2) is 4.27. The maximum Gasteiger partial charge on any atom is 0.411 e. The first-order valence-electron chi connectivity index (χ1n) is 5.68. The van der Waals surface area contributed by atoms with Crippen LogP contribution in [0.2, 0.25) is 0 Å². The van der Waals surface area contributed by atoms with Gasteiger partial charge in [0.25, 0.3) is 0 Å². The second-order valence-corrected chi connectivity index (χ2v) is 6.00. The van der Waals surface area contributed by atoms with Gasteiger partial charge in [-0.2, -0.15) is 0 Å². The molecular formula is C12H20FNO3. The molecule has 2 atom stereocenters. The molecular weight excluding hydrogens is 225 g/mol. The van der Waals surface area contributed by atoms with Crippen molar-refractivity contribution in [2.24, 2.45) is 5.41 Å². The van der Waals surface area contributed by atoms with Crippen LogP contribution in [0, 0.1) is 5.41 Å². The van der Waals surface area contributed by atoms with Crippen LogP contribution in [0.25, 0.3) is 0 Å². The van der Waals surface area contributed by atoms with Crippen molar-refractivity contribution < 1.29 is 18.7 Å². The van der Waals surface area contributed by atoms with Crippen LogP contribution in [0.3, 0.4) is 0 Å². The van der Waals surface area contributed by atoms with E-state index in [-0.39, 0.29) is 6.54 Å². The summed E-state index contributed by atoms with van der Waals surface area (Å²) < 4.78 is 18.9. The third kappa shape index (κ3) is 2.76. The first-order valence-corrected chi connectivity index (χ1v) is 5.68. The number of halogens is 1. The van der Waals surface area contributed by atoms with E-state index in [1.54, 1.807) is 34.6 Å². The molecule has 0 spiro atoms. The quantitative estimate of drug-likeness (QED) is 0.665. The Morgan fingerprint density at radius 2 is 2.00 bits per heavy atom. The lowest BCUT2D eigenvalue weighted by molar-refractivity contribution is -0.114. The molecule has 1 aliphatic heterocycles. The third-order valence-electron chi connectivity index (χ3n) is 3.02. The van der Waals surface area contributed by atoms with Crippen molar-refractivity contribution >= 4 is 12.4 Å². The van der Waals surface area contributed by atoms with E-state index in [0.717, 1.165) is 0 Å². The van der Waals surface area contributed by atoms with Crippen LogP contribution >= 0.6 is 0 Å². The zero-order valence-electron chi connectivity index (χ0n) is 11.0. The molecule has 17 heavy (non-hydrogen) atoms. The molecule has 98 valence electrons. The molecule has 5 heteroatoms. The van der Waals surface area contributed by atoms with Gasteiger partial charge in [-0.1, -0.05) is 13.8 Å². The van der Waals surface area contributed by atoms with Gasteiger partial charge in [-0.15, -0.1) is 0 Å². The molecule has 0 aliphatic carbocycles. The van der Waals surface area contributed by atoms with E-state index < -0.39 is 29.3 Å². The zero-order valence-corrected chi connectivity index (χ0v) is 11.0. The average Bonchev–Trinajstić information content (AvgIpc) is 2.35. The minimum Gasteiger partial charge on any atom is -0.444 e. The summed E-state index contributed by atoms with van der Waals surface area (Å²) in [6.07, 6.45) is -1.24. The Bertz CT molecular complexity index is 322. The molecule has 1 aliphatic rings. The van der Waals surface area contributed by atoms with Gasteiger partial charge in [0.1, 0.15) is 18.1 Å². The van der Waals surface area contributed by atoms with Crippen molar-refractivity contribution in [2.45, 2.75) is 52.4 Å². The number of hydrogen-bond donors (Lipinski definition) is 0. The highest BCUT2D eigenvalue weighted by atomic mass is 19.1. The number of alkyl halides is 1. The number of carbonyl (C=O) groups excluding carboxylic acids is 2. The summed E-state index contributed by atoms with van der Waals surface area (Å²) in [5.41, 5.74) is -1.51. The van der Waals surface area contributed by atoms with Gasteiger partial charge in [-0.05, 0) is 20.8 Å². The predicted octanol–water partition coefficient (Wildman–Crippen LogP) is 2.17. The molecule has 1 amide bonds. The summed E-state index contributed by atoms with van der Waals surface area (Å²) in [6.45, 7) is 8.38. The Kier molecular flexibility index (Phi) is 3.50. The third-order valence-corrected chi connectivity index (χ3v) is 3.02. The molecule has 1 heterocycles. The molecule has 1 fully saturated rings. The van der Waals surface area contributed by atoms with E-state index in [9.17, 15) is 14.0 Å². The van der Waals surface area contributed by atoms with Crippen molar-refractivity contribution in [3.05, 3.63) is 0 Å². The topological polar surface area (TPSA) is 46.6 Å². The van der Waals surface area contributed by atoms with E-state index in [4.69, 9.17) is 4.74 Å². The molecule has 0 radical (unpaired) electrons. The summed E-state index contributed by atoms with van der Waals surface area (Å²) in [5.74, 6) is 0. The largest absolute Gasteiger partial charge is 0.444 e. The number of carbonyl (C=O) groups is 2. The highest BCUT2D eigenvalue weighted by Crippen LogP contribution is 2.38. The van der Waals surface area contributed by atoms with E-state index >= 15 is 0 Å². The molecule has 0 aromatic rings. The Morgan fingerprint density at radius 1 is 1.47 bits per heavy atom.